The summed E-state index contributed by atoms with van der Waals surface area (Å²) in [5.41, 5.74) is 0. The fourth-order valence-electron chi connectivity index (χ4n) is 4.23. The van der Waals surface area contributed by atoms with Gasteiger partial charge in [0.1, 0.15) is 0 Å². The zero-order chi connectivity index (χ0) is 16.4. The predicted octanol–water partition coefficient (Wildman–Crippen LogP) is 2.62. The van der Waals surface area contributed by atoms with E-state index >= 15 is 0 Å². The Morgan fingerprint density at radius 1 is 1.04 bits per heavy atom. The minimum atomic E-state index is -0.0440. The third-order valence-electron chi connectivity index (χ3n) is 5.60. The number of carbonyl (C=O) groups excluding carboxylic acids is 2. The Morgan fingerprint density at radius 3 is 2.30 bits per heavy atom. The molecule has 0 N–H and O–H groups in total. The number of amides is 3. The highest BCUT2D eigenvalue weighted by molar-refractivity contribution is 8.00. The first-order valence-corrected chi connectivity index (χ1v) is 9.94. The summed E-state index contributed by atoms with van der Waals surface area (Å²) >= 11 is 1.94. The number of urea groups is 1. The fourth-order valence-corrected chi connectivity index (χ4v) is 5.70. The lowest BCUT2D eigenvalue weighted by Gasteiger charge is -2.45. The monoisotopic (exact) mass is 339 g/mol. The topological polar surface area (TPSA) is 43.9 Å². The van der Waals surface area contributed by atoms with Crippen LogP contribution in [-0.2, 0) is 4.79 Å². The molecule has 2 heterocycles. The van der Waals surface area contributed by atoms with Crippen LogP contribution in [0.25, 0.3) is 0 Å². The first-order chi connectivity index (χ1) is 11.0. The molecule has 0 aromatic carbocycles. The van der Waals surface area contributed by atoms with Gasteiger partial charge in [0.05, 0.1) is 4.87 Å². The van der Waals surface area contributed by atoms with Crippen molar-refractivity contribution in [3.8, 4) is 0 Å². The molecule has 23 heavy (non-hydrogen) atoms. The summed E-state index contributed by atoms with van der Waals surface area (Å²) in [5, 5.41) is 0. The van der Waals surface area contributed by atoms with Crippen molar-refractivity contribution >= 4 is 23.7 Å². The highest BCUT2D eigenvalue weighted by atomic mass is 32.2. The van der Waals surface area contributed by atoms with E-state index in [-0.39, 0.29) is 16.8 Å². The SMILES string of the molecule is CN(C)C(=O)N1CCC2(CC1)SCCN2C(=O)C1CCCCC1. The van der Waals surface area contributed by atoms with Gasteiger partial charge in [-0.2, -0.15) is 0 Å². The Kier molecular flexibility index (Phi) is 5.09. The number of piperidine rings is 1. The average Bonchev–Trinajstić information content (AvgIpc) is 2.98. The molecule has 1 saturated carbocycles. The molecule has 0 atom stereocenters. The summed E-state index contributed by atoms with van der Waals surface area (Å²) in [6.07, 6.45) is 7.66. The maximum Gasteiger partial charge on any atom is 0.319 e. The van der Waals surface area contributed by atoms with E-state index < -0.39 is 0 Å². The molecule has 0 aromatic heterocycles. The van der Waals surface area contributed by atoms with Gasteiger partial charge in [0.25, 0.3) is 0 Å². The number of rotatable bonds is 1. The van der Waals surface area contributed by atoms with Crippen LogP contribution in [0.4, 0.5) is 4.79 Å². The van der Waals surface area contributed by atoms with Gasteiger partial charge in [-0.3, -0.25) is 4.79 Å². The van der Waals surface area contributed by atoms with Crippen molar-refractivity contribution in [1.82, 2.24) is 14.7 Å². The molecule has 0 aromatic rings. The van der Waals surface area contributed by atoms with Crippen LogP contribution < -0.4 is 0 Å². The van der Waals surface area contributed by atoms with Crippen molar-refractivity contribution in [3.05, 3.63) is 0 Å². The molecule has 0 unspecified atom stereocenters. The summed E-state index contributed by atoms with van der Waals surface area (Å²) < 4.78 is 0. The minimum absolute atomic E-state index is 0.0440. The molecule has 1 aliphatic carbocycles. The van der Waals surface area contributed by atoms with Crippen molar-refractivity contribution in [2.45, 2.75) is 49.8 Å². The van der Waals surface area contributed by atoms with Gasteiger partial charge in [-0.15, -0.1) is 11.8 Å². The van der Waals surface area contributed by atoms with Gasteiger partial charge in [0.15, 0.2) is 0 Å². The van der Waals surface area contributed by atoms with Crippen LogP contribution in [-0.4, -0.2) is 71.0 Å². The summed E-state index contributed by atoms with van der Waals surface area (Å²) in [5.74, 6) is 1.68. The second-order valence-corrected chi connectivity index (χ2v) is 8.74. The lowest BCUT2D eigenvalue weighted by Crippen LogP contribution is -2.56. The third kappa shape index (κ3) is 3.32. The van der Waals surface area contributed by atoms with Crippen LogP contribution >= 0.6 is 11.8 Å². The zero-order valence-electron chi connectivity index (χ0n) is 14.4. The van der Waals surface area contributed by atoms with Crippen LogP contribution in [0.3, 0.4) is 0 Å². The van der Waals surface area contributed by atoms with Crippen LogP contribution in [0.5, 0.6) is 0 Å². The minimum Gasteiger partial charge on any atom is -0.331 e. The number of carbonyl (C=O) groups is 2. The van der Waals surface area contributed by atoms with E-state index in [2.05, 4.69) is 4.90 Å². The van der Waals surface area contributed by atoms with E-state index in [9.17, 15) is 9.59 Å². The van der Waals surface area contributed by atoms with E-state index in [0.29, 0.717) is 5.91 Å². The smallest absolute Gasteiger partial charge is 0.319 e. The Bertz CT molecular complexity index is 455. The highest BCUT2D eigenvalue weighted by Gasteiger charge is 2.48. The van der Waals surface area contributed by atoms with Crippen LogP contribution in [0.2, 0.25) is 0 Å². The Labute approximate surface area is 143 Å². The molecule has 5 nitrogen and oxygen atoms in total. The summed E-state index contributed by atoms with van der Waals surface area (Å²) in [7, 11) is 3.60. The predicted molar refractivity (Wildman–Crippen MR) is 93.4 cm³/mol. The maximum absolute atomic E-state index is 13.0. The number of hydrogen-bond donors (Lipinski definition) is 0. The van der Waals surface area contributed by atoms with Gasteiger partial charge < -0.3 is 14.7 Å². The standard InChI is InChI=1S/C17H29N3O2S/c1-18(2)16(22)19-10-8-17(9-11-19)20(12-13-23-17)15(21)14-6-4-3-5-7-14/h14H,3-13H2,1-2H3. The molecule has 2 saturated heterocycles. The van der Waals surface area contributed by atoms with Gasteiger partial charge in [-0.1, -0.05) is 19.3 Å². The third-order valence-corrected chi connectivity index (χ3v) is 7.15. The fraction of sp³-hybridized carbons (Fsp3) is 0.882. The lowest BCUT2D eigenvalue weighted by molar-refractivity contribution is -0.140. The highest BCUT2D eigenvalue weighted by Crippen LogP contribution is 2.45. The second kappa shape index (κ2) is 6.91. The Morgan fingerprint density at radius 2 is 1.70 bits per heavy atom. The van der Waals surface area contributed by atoms with E-state index in [1.54, 1.807) is 19.0 Å². The first-order valence-electron chi connectivity index (χ1n) is 8.95. The van der Waals surface area contributed by atoms with Crippen molar-refractivity contribution < 1.29 is 9.59 Å². The number of thioether (sulfide) groups is 1. The van der Waals surface area contributed by atoms with Gasteiger partial charge in [0.2, 0.25) is 5.91 Å². The van der Waals surface area contributed by atoms with Crippen molar-refractivity contribution in [1.29, 1.82) is 0 Å². The van der Waals surface area contributed by atoms with Gasteiger partial charge >= 0.3 is 6.03 Å². The molecule has 1 spiro atoms. The molecule has 3 amide bonds. The average molecular weight is 340 g/mol. The van der Waals surface area contributed by atoms with Gasteiger partial charge in [0, 0.05) is 45.4 Å². The zero-order valence-corrected chi connectivity index (χ0v) is 15.2. The molecule has 0 radical (unpaired) electrons. The molecule has 2 aliphatic heterocycles. The van der Waals surface area contributed by atoms with E-state index in [0.717, 1.165) is 51.1 Å². The second-order valence-electron chi connectivity index (χ2n) is 7.28. The Hall–Kier alpha value is -0.910. The number of hydrogen-bond acceptors (Lipinski definition) is 3. The molecule has 6 heteroatoms. The van der Waals surface area contributed by atoms with Gasteiger partial charge in [-0.25, -0.2) is 4.79 Å². The number of nitrogens with zero attached hydrogens (tertiary/aromatic N) is 3. The number of likely N-dealkylation sites (tertiary alicyclic amines) is 1. The van der Waals surface area contributed by atoms with Crippen molar-refractivity contribution in [2.75, 3.05) is 39.5 Å². The van der Waals surface area contributed by atoms with E-state index in [4.69, 9.17) is 0 Å². The lowest BCUT2D eigenvalue weighted by atomic mass is 9.87. The molecule has 3 aliphatic rings. The molecule has 130 valence electrons. The van der Waals surface area contributed by atoms with Crippen molar-refractivity contribution in [2.24, 2.45) is 5.92 Å². The van der Waals surface area contributed by atoms with Crippen LogP contribution in [0.1, 0.15) is 44.9 Å². The molecule has 0 bridgehead atoms. The quantitative estimate of drug-likeness (QED) is 0.738. The first kappa shape index (κ1) is 16.9. The normalized spacial score (nSPS) is 25.0. The Balaban J connectivity index is 1.65. The summed E-state index contributed by atoms with van der Waals surface area (Å²) in [6.45, 7) is 2.42. The molecule has 3 rings (SSSR count). The van der Waals surface area contributed by atoms with Gasteiger partial charge in [-0.05, 0) is 25.7 Å². The van der Waals surface area contributed by atoms with Crippen LogP contribution in [0, 0.1) is 5.92 Å². The van der Waals surface area contributed by atoms with Crippen molar-refractivity contribution in [3.63, 3.8) is 0 Å². The molecular formula is C17H29N3O2S. The molecule has 3 fully saturated rings. The largest absolute Gasteiger partial charge is 0.331 e. The van der Waals surface area contributed by atoms with E-state index in [1.807, 2.05) is 16.7 Å². The molecular weight excluding hydrogens is 310 g/mol. The summed E-state index contributed by atoms with van der Waals surface area (Å²) in [4.78, 5) is 30.9. The van der Waals surface area contributed by atoms with Crippen LogP contribution in [0.15, 0.2) is 0 Å². The van der Waals surface area contributed by atoms with E-state index in [1.165, 1.54) is 19.3 Å². The summed E-state index contributed by atoms with van der Waals surface area (Å²) in [6, 6.07) is 0.0907. The maximum atomic E-state index is 13.0.